The van der Waals surface area contributed by atoms with Gasteiger partial charge in [-0.05, 0) is 34.1 Å². The molecule has 0 spiro atoms. The maximum Gasteiger partial charge on any atom is 0.144 e. The fourth-order valence-corrected chi connectivity index (χ4v) is 2.02. The Kier molecular flexibility index (Phi) is 2.89. The fraction of sp³-hybridized carbons (Fsp3) is 0. The molecule has 5 heteroatoms. The van der Waals surface area contributed by atoms with Gasteiger partial charge in [-0.15, -0.1) is 0 Å². The summed E-state index contributed by atoms with van der Waals surface area (Å²) in [6.07, 6.45) is 0. The standard InChI is InChI=1S/C9H3BrCl3N/c10-5-3-4-6(11)1-2-7(12)8(4)14-9(5)13/h1-3H. The van der Waals surface area contributed by atoms with Crippen LogP contribution in [-0.4, -0.2) is 4.98 Å². The molecule has 0 radical (unpaired) electrons. The molecule has 0 amide bonds. The highest BCUT2D eigenvalue weighted by Gasteiger charge is 2.08. The Morgan fingerprint density at radius 2 is 1.71 bits per heavy atom. The van der Waals surface area contributed by atoms with Crippen molar-refractivity contribution in [2.24, 2.45) is 0 Å². The van der Waals surface area contributed by atoms with E-state index < -0.39 is 0 Å². The Hall–Kier alpha value is -0.0200. The molecule has 0 aliphatic heterocycles. The third-order valence-corrected chi connectivity index (χ3v) is 3.55. The SMILES string of the molecule is Clc1nc2c(Cl)ccc(Cl)c2cc1Br. The van der Waals surface area contributed by atoms with Crippen LogP contribution in [0.4, 0.5) is 0 Å². The lowest BCUT2D eigenvalue weighted by Crippen LogP contribution is -1.83. The van der Waals surface area contributed by atoms with E-state index in [1.807, 2.05) is 0 Å². The first-order chi connectivity index (χ1) is 6.59. The molecule has 2 rings (SSSR count). The van der Waals surface area contributed by atoms with Crippen molar-refractivity contribution in [2.75, 3.05) is 0 Å². The Morgan fingerprint density at radius 1 is 1.07 bits per heavy atom. The van der Waals surface area contributed by atoms with Crippen LogP contribution in [0.5, 0.6) is 0 Å². The lowest BCUT2D eigenvalue weighted by molar-refractivity contribution is 1.39. The molecule has 72 valence electrons. The average Bonchev–Trinajstić information content (AvgIpc) is 2.15. The first-order valence-corrected chi connectivity index (χ1v) is 5.62. The lowest BCUT2D eigenvalue weighted by atomic mass is 10.2. The van der Waals surface area contributed by atoms with E-state index in [1.54, 1.807) is 18.2 Å². The number of halogens is 4. The van der Waals surface area contributed by atoms with Crippen molar-refractivity contribution in [1.29, 1.82) is 0 Å². The highest BCUT2D eigenvalue weighted by Crippen LogP contribution is 2.33. The van der Waals surface area contributed by atoms with Crippen molar-refractivity contribution in [2.45, 2.75) is 0 Å². The number of benzene rings is 1. The number of pyridine rings is 1. The number of aromatic nitrogens is 1. The summed E-state index contributed by atoms with van der Waals surface area (Å²) in [5.74, 6) is 0. The molecule has 0 N–H and O–H groups in total. The highest BCUT2D eigenvalue weighted by atomic mass is 79.9. The molecule has 0 bridgehead atoms. The van der Waals surface area contributed by atoms with Gasteiger partial charge >= 0.3 is 0 Å². The van der Waals surface area contributed by atoms with Crippen molar-refractivity contribution < 1.29 is 0 Å². The van der Waals surface area contributed by atoms with E-state index in [4.69, 9.17) is 34.8 Å². The third kappa shape index (κ3) is 1.72. The van der Waals surface area contributed by atoms with Crippen molar-refractivity contribution >= 4 is 61.6 Å². The van der Waals surface area contributed by atoms with Gasteiger partial charge in [0.1, 0.15) is 5.15 Å². The molecule has 1 heterocycles. The normalized spacial score (nSPS) is 10.9. The zero-order valence-corrected chi connectivity index (χ0v) is 10.5. The zero-order valence-electron chi connectivity index (χ0n) is 6.69. The number of nitrogens with zero attached hydrogens (tertiary/aromatic N) is 1. The summed E-state index contributed by atoms with van der Waals surface area (Å²) in [6, 6.07) is 5.23. The second-order valence-corrected chi connectivity index (χ2v) is 4.71. The van der Waals surface area contributed by atoms with Gasteiger partial charge in [0, 0.05) is 5.39 Å². The number of hydrogen-bond acceptors (Lipinski definition) is 1. The maximum atomic E-state index is 5.99. The fourth-order valence-electron chi connectivity index (χ4n) is 1.15. The van der Waals surface area contributed by atoms with Gasteiger partial charge in [-0.3, -0.25) is 0 Å². The minimum atomic E-state index is 0.377. The largest absolute Gasteiger partial charge is 0.233 e. The molecule has 0 saturated carbocycles. The number of fused-ring (bicyclic) bond motifs is 1. The summed E-state index contributed by atoms with van der Waals surface area (Å²) in [5, 5.41) is 2.31. The van der Waals surface area contributed by atoms with Gasteiger partial charge in [-0.25, -0.2) is 4.98 Å². The number of rotatable bonds is 0. The van der Waals surface area contributed by atoms with E-state index in [0.717, 1.165) is 5.39 Å². The summed E-state index contributed by atoms with van der Waals surface area (Å²) >= 11 is 21.1. The first-order valence-electron chi connectivity index (χ1n) is 3.69. The van der Waals surface area contributed by atoms with Gasteiger partial charge in [0.05, 0.1) is 20.0 Å². The second kappa shape index (κ2) is 3.86. The molecule has 0 aliphatic carbocycles. The van der Waals surface area contributed by atoms with E-state index in [1.165, 1.54) is 0 Å². The quantitative estimate of drug-likeness (QED) is 0.627. The van der Waals surface area contributed by atoms with Crippen molar-refractivity contribution in [1.82, 2.24) is 4.98 Å². The predicted molar refractivity (Wildman–Crippen MR) is 64.5 cm³/mol. The highest BCUT2D eigenvalue weighted by molar-refractivity contribution is 9.10. The molecule has 0 saturated heterocycles. The van der Waals surface area contributed by atoms with Gasteiger partial charge < -0.3 is 0 Å². The van der Waals surface area contributed by atoms with Crippen LogP contribution < -0.4 is 0 Å². The first kappa shape index (κ1) is 10.5. The minimum Gasteiger partial charge on any atom is -0.233 e. The summed E-state index contributed by atoms with van der Waals surface area (Å²) in [7, 11) is 0. The molecule has 14 heavy (non-hydrogen) atoms. The maximum absolute atomic E-state index is 5.99. The van der Waals surface area contributed by atoms with E-state index in [2.05, 4.69) is 20.9 Å². The van der Waals surface area contributed by atoms with Gasteiger partial charge in [-0.2, -0.15) is 0 Å². The van der Waals surface area contributed by atoms with Crippen LogP contribution in [0.2, 0.25) is 15.2 Å². The van der Waals surface area contributed by atoms with Crippen LogP contribution >= 0.6 is 50.7 Å². The predicted octanol–water partition coefficient (Wildman–Crippen LogP) is 4.96. The van der Waals surface area contributed by atoms with Crippen LogP contribution in [0.3, 0.4) is 0 Å². The van der Waals surface area contributed by atoms with Crippen molar-refractivity contribution in [3.8, 4) is 0 Å². The molecule has 2 aromatic rings. The van der Waals surface area contributed by atoms with E-state index in [9.17, 15) is 0 Å². The molecule has 0 aliphatic rings. The number of hydrogen-bond donors (Lipinski definition) is 0. The Balaban J connectivity index is 2.94. The smallest absolute Gasteiger partial charge is 0.144 e. The van der Waals surface area contributed by atoms with E-state index >= 15 is 0 Å². The molecular formula is C9H3BrCl3N. The van der Waals surface area contributed by atoms with Crippen molar-refractivity contribution in [3.63, 3.8) is 0 Å². The van der Waals surface area contributed by atoms with Crippen molar-refractivity contribution in [3.05, 3.63) is 37.9 Å². The van der Waals surface area contributed by atoms with E-state index in [0.29, 0.717) is 25.2 Å². The van der Waals surface area contributed by atoms with Gasteiger partial charge in [0.25, 0.3) is 0 Å². The Bertz CT molecular complexity index is 466. The molecule has 0 unspecified atom stereocenters. The second-order valence-electron chi connectivity index (χ2n) is 2.69. The van der Waals surface area contributed by atoms with Crippen LogP contribution in [-0.2, 0) is 0 Å². The van der Waals surface area contributed by atoms with Crippen LogP contribution in [0, 0.1) is 0 Å². The summed E-state index contributed by atoms with van der Waals surface area (Å²) in [4.78, 5) is 4.14. The van der Waals surface area contributed by atoms with E-state index in [-0.39, 0.29) is 0 Å². The van der Waals surface area contributed by atoms with Crippen LogP contribution in [0.1, 0.15) is 0 Å². The monoisotopic (exact) mass is 309 g/mol. The molecule has 0 fully saturated rings. The molecule has 1 aromatic carbocycles. The Labute approximate surface area is 104 Å². The molecular weight excluding hydrogens is 308 g/mol. The van der Waals surface area contributed by atoms with Gasteiger partial charge in [0.15, 0.2) is 0 Å². The van der Waals surface area contributed by atoms with Gasteiger partial charge in [-0.1, -0.05) is 34.8 Å². The topological polar surface area (TPSA) is 12.9 Å². The molecule has 1 aromatic heterocycles. The Morgan fingerprint density at radius 3 is 2.43 bits per heavy atom. The molecule has 0 atom stereocenters. The summed E-state index contributed by atoms with van der Waals surface area (Å²) in [6.45, 7) is 0. The average molecular weight is 311 g/mol. The molecule has 1 nitrogen and oxygen atoms in total. The summed E-state index contributed by atoms with van der Waals surface area (Å²) < 4.78 is 0.704. The third-order valence-electron chi connectivity index (χ3n) is 1.79. The van der Waals surface area contributed by atoms with Crippen LogP contribution in [0.15, 0.2) is 22.7 Å². The zero-order chi connectivity index (χ0) is 10.3. The van der Waals surface area contributed by atoms with Gasteiger partial charge in [0.2, 0.25) is 0 Å². The summed E-state index contributed by atoms with van der Waals surface area (Å²) in [5.41, 5.74) is 0.618. The minimum absolute atomic E-state index is 0.377. The lowest BCUT2D eigenvalue weighted by Gasteiger charge is -2.03. The van der Waals surface area contributed by atoms with Crippen LogP contribution in [0.25, 0.3) is 10.9 Å².